The van der Waals surface area contributed by atoms with Crippen LogP contribution in [0.5, 0.6) is 0 Å². The van der Waals surface area contributed by atoms with Crippen LogP contribution in [0.4, 0.5) is 5.69 Å². The standard InChI is InChI=1S/C37H36N2O9S3.Na/c1-3-38(25-27-9-7-11-33(23-27)49(40,41)42)31-19-15-29(16-20-31)37(35-13-5-6-14-36(35)51(46,47)48)30-17-21-32(22-18-30)39(4-2)26-28-10-8-12-34(24-28)50(43,44)45;/h5-24H,3-4,25-26H2,1-2H3,(H2-,40,41,42,43,44,45,46,47,48);/q;+1. The van der Waals surface area contributed by atoms with E-state index in [9.17, 15) is 38.9 Å². The third-order valence-electron chi connectivity index (χ3n) is 8.37. The number of nitrogens with zero attached hydrogens (tertiary/aromatic N) is 2. The first kappa shape index (κ1) is 41.1. The van der Waals surface area contributed by atoms with Gasteiger partial charge in [0.15, 0.2) is 12.3 Å². The quantitative estimate of drug-likeness (QED) is 0.124. The van der Waals surface area contributed by atoms with E-state index in [4.69, 9.17) is 0 Å². The number of hydrogen-bond acceptors (Lipinski definition) is 8. The van der Waals surface area contributed by atoms with Crippen LogP contribution >= 0.6 is 0 Å². The molecule has 5 rings (SSSR count). The molecule has 0 saturated carbocycles. The van der Waals surface area contributed by atoms with Gasteiger partial charge in [0.05, 0.1) is 9.79 Å². The van der Waals surface area contributed by atoms with E-state index in [1.807, 2.05) is 71.9 Å². The van der Waals surface area contributed by atoms with Crippen molar-refractivity contribution < 1.29 is 73.0 Å². The summed E-state index contributed by atoms with van der Waals surface area (Å²) in [5.41, 5.74) is 5.08. The van der Waals surface area contributed by atoms with Crippen LogP contribution in [-0.2, 0) is 43.4 Å². The summed E-state index contributed by atoms with van der Waals surface area (Å²) in [6, 6.07) is 25.5. The third-order valence-corrected chi connectivity index (χ3v) is 11.0. The molecule has 0 unspecified atom stereocenters. The zero-order valence-corrected chi connectivity index (χ0v) is 33.2. The molecule has 0 heterocycles. The minimum absolute atomic E-state index is 0. The second-order valence-electron chi connectivity index (χ2n) is 11.7. The van der Waals surface area contributed by atoms with E-state index in [2.05, 4.69) is 0 Å². The summed E-state index contributed by atoms with van der Waals surface area (Å²) in [6.07, 6.45) is 7.41. The van der Waals surface area contributed by atoms with Crippen molar-refractivity contribution >= 4 is 47.3 Å². The number of allylic oxidation sites excluding steroid dienone is 5. The van der Waals surface area contributed by atoms with Crippen LogP contribution < -0.4 is 34.5 Å². The summed E-state index contributed by atoms with van der Waals surface area (Å²) in [6.45, 7) is 5.71. The predicted molar refractivity (Wildman–Crippen MR) is 194 cm³/mol. The first-order valence-corrected chi connectivity index (χ1v) is 20.1. The van der Waals surface area contributed by atoms with Crippen molar-refractivity contribution in [3.05, 3.63) is 149 Å². The van der Waals surface area contributed by atoms with Gasteiger partial charge in [-0.05, 0) is 90.7 Å². The van der Waals surface area contributed by atoms with Gasteiger partial charge in [0.1, 0.15) is 21.6 Å². The van der Waals surface area contributed by atoms with Crippen LogP contribution in [0.25, 0.3) is 5.57 Å². The van der Waals surface area contributed by atoms with E-state index < -0.39 is 30.4 Å². The Kier molecular flexibility index (Phi) is 13.4. The van der Waals surface area contributed by atoms with Gasteiger partial charge in [0.25, 0.3) is 20.2 Å². The monoisotopic (exact) mass is 771 g/mol. The molecule has 0 amide bonds. The molecule has 4 aromatic rings. The molecule has 52 heavy (non-hydrogen) atoms. The second kappa shape index (κ2) is 17.0. The van der Waals surface area contributed by atoms with Gasteiger partial charge in [-0.3, -0.25) is 9.11 Å². The Labute approximate surface area is 326 Å². The predicted octanol–water partition coefficient (Wildman–Crippen LogP) is 2.72. The molecule has 0 saturated heterocycles. The molecule has 266 valence electrons. The van der Waals surface area contributed by atoms with Crippen LogP contribution in [0, 0.1) is 0 Å². The summed E-state index contributed by atoms with van der Waals surface area (Å²) < 4.78 is 105. The van der Waals surface area contributed by atoms with Gasteiger partial charge in [-0.1, -0.05) is 54.6 Å². The molecule has 1 aliphatic rings. The number of anilines is 1. The molecule has 0 radical (unpaired) electrons. The van der Waals surface area contributed by atoms with E-state index in [1.165, 1.54) is 42.5 Å². The summed E-state index contributed by atoms with van der Waals surface area (Å²) in [4.78, 5) is 1.24. The molecule has 0 atom stereocenters. The average Bonchev–Trinajstić information content (AvgIpc) is 3.10. The molecule has 0 aromatic heterocycles. The van der Waals surface area contributed by atoms with Crippen molar-refractivity contribution in [2.45, 2.75) is 41.6 Å². The largest absolute Gasteiger partial charge is 1.00 e. The molecule has 1 aliphatic carbocycles. The molecular formula is C37H36N2NaO9S3+. The zero-order chi connectivity index (χ0) is 37.0. The fraction of sp³-hybridized carbons (Fsp3) is 0.162. The molecule has 4 aromatic carbocycles. The van der Waals surface area contributed by atoms with Crippen molar-refractivity contribution in [3.8, 4) is 0 Å². The Bertz CT molecular complexity index is 2400. The van der Waals surface area contributed by atoms with Crippen molar-refractivity contribution in [1.82, 2.24) is 0 Å². The van der Waals surface area contributed by atoms with Crippen LogP contribution in [0.2, 0.25) is 0 Å². The minimum Gasteiger partial charge on any atom is -0.744 e. The molecule has 0 bridgehead atoms. The van der Waals surface area contributed by atoms with Crippen LogP contribution in [0.3, 0.4) is 0 Å². The summed E-state index contributed by atoms with van der Waals surface area (Å²) in [5.74, 6) is 0. The van der Waals surface area contributed by atoms with E-state index in [-0.39, 0.29) is 49.8 Å². The van der Waals surface area contributed by atoms with Crippen molar-refractivity contribution in [2.75, 3.05) is 18.0 Å². The molecule has 0 spiro atoms. The fourth-order valence-corrected chi connectivity index (χ4v) is 7.66. The van der Waals surface area contributed by atoms with Gasteiger partial charge in [-0.25, -0.2) is 13.0 Å². The maximum atomic E-state index is 12.5. The van der Waals surface area contributed by atoms with E-state index in [0.717, 1.165) is 11.4 Å². The average molecular weight is 772 g/mol. The molecule has 11 nitrogen and oxygen atoms in total. The van der Waals surface area contributed by atoms with E-state index >= 15 is 0 Å². The Morgan fingerprint density at radius 1 is 0.712 bits per heavy atom. The van der Waals surface area contributed by atoms with Gasteiger partial charge in [0, 0.05) is 42.1 Å². The molecule has 2 N–H and O–H groups in total. The maximum Gasteiger partial charge on any atom is 1.00 e. The molecular weight excluding hydrogens is 736 g/mol. The summed E-state index contributed by atoms with van der Waals surface area (Å²) >= 11 is 0. The van der Waals surface area contributed by atoms with E-state index in [0.29, 0.717) is 54.0 Å². The van der Waals surface area contributed by atoms with Gasteiger partial charge in [-0.2, -0.15) is 16.8 Å². The SMILES string of the molecule is CCN(Cc1cccc(S(=O)(=O)[O-])c1)c1ccc(C(=C2C=CC(=[N+](CC)Cc3cccc(S(=O)(=O)O)c3)C=C2)c2ccccc2S(=O)(=O)O)cc1.[Na+]. The van der Waals surface area contributed by atoms with Gasteiger partial charge >= 0.3 is 29.6 Å². The zero-order valence-electron chi connectivity index (χ0n) is 28.7. The van der Waals surface area contributed by atoms with Crippen molar-refractivity contribution in [3.63, 3.8) is 0 Å². The fourth-order valence-electron chi connectivity index (χ4n) is 5.87. The van der Waals surface area contributed by atoms with Crippen LogP contribution in [-0.4, -0.2) is 62.3 Å². The van der Waals surface area contributed by atoms with E-state index in [1.54, 1.807) is 30.3 Å². The third kappa shape index (κ3) is 10.0. The Hall–Kier alpha value is -3.70. The van der Waals surface area contributed by atoms with Gasteiger partial charge in [-0.15, -0.1) is 0 Å². The topological polar surface area (TPSA) is 172 Å². The second-order valence-corrected chi connectivity index (χ2v) is 15.9. The molecule has 0 aliphatic heterocycles. The summed E-state index contributed by atoms with van der Waals surface area (Å²) in [7, 11) is -13.6. The van der Waals surface area contributed by atoms with Gasteiger partial charge < -0.3 is 9.45 Å². The molecule has 0 fully saturated rings. The summed E-state index contributed by atoms with van der Waals surface area (Å²) in [5, 5.41) is 0. The maximum absolute atomic E-state index is 12.5. The Morgan fingerprint density at radius 3 is 1.88 bits per heavy atom. The van der Waals surface area contributed by atoms with Gasteiger partial charge in [0.2, 0.25) is 0 Å². The smallest absolute Gasteiger partial charge is 0.744 e. The first-order chi connectivity index (χ1) is 24.1. The van der Waals surface area contributed by atoms with Crippen molar-refractivity contribution in [1.29, 1.82) is 0 Å². The normalized spacial score (nSPS) is 13.1. The van der Waals surface area contributed by atoms with Crippen molar-refractivity contribution in [2.24, 2.45) is 0 Å². The minimum atomic E-state index is -4.61. The number of benzene rings is 4. The Morgan fingerprint density at radius 2 is 1.31 bits per heavy atom. The Balaban J connectivity index is 0.00000605. The number of hydrogen-bond donors (Lipinski definition) is 2. The van der Waals surface area contributed by atoms with Crippen LogP contribution in [0.1, 0.15) is 36.1 Å². The van der Waals surface area contributed by atoms with Crippen LogP contribution in [0.15, 0.2) is 142 Å². The first-order valence-electron chi connectivity index (χ1n) is 15.8. The number of rotatable bonds is 12. The molecule has 15 heteroatoms.